The van der Waals surface area contributed by atoms with Crippen molar-refractivity contribution in [2.45, 2.75) is 45.4 Å². The number of aromatic nitrogens is 1. The van der Waals surface area contributed by atoms with Gasteiger partial charge in [0.05, 0.1) is 4.90 Å². The third-order valence-corrected chi connectivity index (χ3v) is 5.37. The van der Waals surface area contributed by atoms with Gasteiger partial charge in [0, 0.05) is 29.1 Å². The molecule has 1 aromatic carbocycles. The van der Waals surface area contributed by atoms with Gasteiger partial charge in [-0.15, -0.1) is 0 Å². The van der Waals surface area contributed by atoms with Crippen LogP contribution in [0.1, 0.15) is 48.4 Å². The molecule has 1 heterocycles. The third kappa shape index (κ3) is 5.30. The Morgan fingerprint density at radius 3 is 2.29 bits per heavy atom. The van der Waals surface area contributed by atoms with E-state index in [2.05, 4.69) is 0 Å². The van der Waals surface area contributed by atoms with Gasteiger partial charge in [0.1, 0.15) is 0 Å². The van der Waals surface area contributed by atoms with Crippen LogP contribution in [0.3, 0.4) is 0 Å². The Morgan fingerprint density at radius 1 is 1.14 bits per heavy atom. The summed E-state index contributed by atoms with van der Waals surface area (Å²) in [5, 5.41) is 5.12. The molecule has 0 aliphatic carbocycles. The number of nitrogens with two attached hydrogens (primary N) is 1. The molecule has 0 radical (unpaired) electrons. The molecule has 0 amide bonds. The number of primary sulfonamides is 1. The first-order valence-corrected chi connectivity index (χ1v) is 10.6. The Kier molecular flexibility index (Phi) is 6.79. The van der Waals surface area contributed by atoms with Crippen molar-refractivity contribution < 1.29 is 22.7 Å². The Balaban J connectivity index is 2.17. The number of sulfonamides is 1. The highest BCUT2D eigenvalue weighted by molar-refractivity contribution is 7.89. The van der Waals surface area contributed by atoms with E-state index in [1.807, 2.05) is 25.3 Å². The molecule has 2 N–H and O–H groups in total. The van der Waals surface area contributed by atoms with Crippen molar-refractivity contribution in [3.63, 3.8) is 0 Å². The number of benzene rings is 1. The molecular weight excluding hydrogens is 380 g/mol. The fourth-order valence-electron chi connectivity index (χ4n) is 2.93. The van der Waals surface area contributed by atoms with E-state index < -0.39 is 10.0 Å². The molecule has 2 aromatic rings. The maximum atomic E-state index is 12.5. The molecule has 0 saturated heterocycles. The van der Waals surface area contributed by atoms with E-state index in [4.69, 9.17) is 9.88 Å². The predicted octanol–water partition coefficient (Wildman–Crippen LogP) is 2.90. The van der Waals surface area contributed by atoms with Gasteiger partial charge in [-0.1, -0.05) is 13.8 Å². The molecule has 0 saturated carbocycles. The van der Waals surface area contributed by atoms with E-state index in [9.17, 15) is 18.0 Å². The second-order valence-electron chi connectivity index (χ2n) is 7.18. The molecule has 0 atom stereocenters. The Labute approximate surface area is 165 Å². The molecule has 8 heteroatoms. The average molecular weight is 407 g/mol. The van der Waals surface area contributed by atoms with Crippen LogP contribution in [-0.2, 0) is 19.6 Å². The quantitative estimate of drug-likeness (QED) is 0.536. The van der Waals surface area contributed by atoms with Crippen LogP contribution >= 0.6 is 0 Å². The van der Waals surface area contributed by atoms with E-state index in [1.54, 1.807) is 25.1 Å². The van der Waals surface area contributed by atoms with Crippen molar-refractivity contribution in [2.24, 2.45) is 11.1 Å². The fraction of sp³-hybridized carbons (Fsp3) is 0.400. The third-order valence-electron chi connectivity index (χ3n) is 4.45. The Hall–Kier alpha value is -2.45. The predicted molar refractivity (Wildman–Crippen MR) is 106 cm³/mol. The van der Waals surface area contributed by atoms with Crippen molar-refractivity contribution in [1.29, 1.82) is 0 Å². The smallest absolute Gasteiger partial charge is 0.306 e. The molecule has 7 nitrogen and oxygen atoms in total. The number of Topliss-reactive ketones (excluding diaryl/α,β-unsaturated/α-hetero) is 1. The summed E-state index contributed by atoms with van der Waals surface area (Å²) in [4.78, 5) is 24.3. The summed E-state index contributed by atoms with van der Waals surface area (Å²) in [5.74, 6) is -0.268. The average Bonchev–Trinajstić information content (AvgIpc) is 2.91. The lowest BCUT2D eigenvalue weighted by Crippen LogP contribution is -2.15. The van der Waals surface area contributed by atoms with Gasteiger partial charge in [-0.2, -0.15) is 0 Å². The molecule has 28 heavy (non-hydrogen) atoms. The van der Waals surface area contributed by atoms with Crippen molar-refractivity contribution >= 4 is 21.8 Å². The lowest BCUT2D eigenvalue weighted by molar-refractivity contribution is -0.142. The number of ether oxygens (including phenoxy) is 1. The van der Waals surface area contributed by atoms with Crippen molar-refractivity contribution in [3.8, 4) is 5.69 Å². The van der Waals surface area contributed by atoms with E-state index in [0.717, 1.165) is 12.1 Å². The number of rotatable bonds is 8. The second-order valence-corrected chi connectivity index (χ2v) is 8.74. The number of carbonyl (C=O) groups excluding carboxylic acids is 2. The first-order chi connectivity index (χ1) is 13.0. The summed E-state index contributed by atoms with van der Waals surface area (Å²) < 4.78 is 29.7. The largest absolute Gasteiger partial charge is 0.457 e. The monoisotopic (exact) mass is 406 g/mol. The van der Waals surface area contributed by atoms with Crippen LogP contribution in [0.5, 0.6) is 0 Å². The zero-order valence-corrected chi connectivity index (χ0v) is 17.4. The lowest BCUT2D eigenvalue weighted by Gasteiger charge is -2.11. The second kappa shape index (κ2) is 8.70. The van der Waals surface area contributed by atoms with Crippen LogP contribution in [0.25, 0.3) is 5.69 Å². The minimum Gasteiger partial charge on any atom is -0.457 e. The molecular formula is C20H26N2O5S. The summed E-state index contributed by atoms with van der Waals surface area (Å²) in [6, 6.07) is 7.82. The van der Waals surface area contributed by atoms with Crippen LogP contribution in [0.4, 0.5) is 0 Å². The van der Waals surface area contributed by atoms with Crippen LogP contribution in [0, 0.1) is 19.8 Å². The maximum Gasteiger partial charge on any atom is 0.306 e. The first kappa shape index (κ1) is 21.8. The van der Waals surface area contributed by atoms with Gasteiger partial charge in [-0.25, -0.2) is 13.6 Å². The standard InChI is InChI=1S/C20H26N2O5S/c1-13(2)5-10-20(24)27-12-19(23)18-11-14(3)22(15(18)4)16-6-8-17(9-7-16)28(21,25)26/h6-9,11,13H,5,10,12H2,1-4H3,(H2,21,25,26). The summed E-state index contributed by atoms with van der Waals surface area (Å²) in [5.41, 5.74) is 2.65. The maximum absolute atomic E-state index is 12.5. The molecule has 0 aliphatic rings. The molecule has 0 unspecified atom stereocenters. The van der Waals surface area contributed by atoms with Gasteiger partial charge in [-0.3, -0.25) is 9.59 Å². The van der Waals surface area contributed by atoms with Crippen molar-refractivity contribution in [3.05, 3.63) is 47.3 Å². The molecule has 152 valence electrons. The number of carbonyl (C=O) groups is 2. The number of esters is 1. The van der Waals surface area contributed by atoms with Crippen molar-refractivity contribution in [1.82, 2.24) is 4.57 Å². The van der Waals surface area contributed by atoms with Gasteiger partial charge < -0.3 is 9.30 Å². The van der Waals surface area contributed by atoms with Crippen LogP contribution in [0.15, 0.2) is 35.2 Å². The summed E-state index contributed by atoms with van der Waals surface area (Å²) in [6.45, 7) is 7.36. The Morgan fingerprint density at radius 2 is 1.75 bits per heavy atom. The molecule has 0 spiro atoms. The highest BCUT2D eigenvalue weighted by atomic mass is 32.2. The number of hydrogen-bond donors (Lipinski definition) is 1. The van der Waals surface area contributed by atoms with E-state index in [-0.39, 0.29) is 23.3 Å². The zero-order valence-electron chi connectivity index (χ0n) is 16.6. The molecule has 0 fully saturated rings. The number of hydrogen-bond acceptors (Lipinski definition) is 5. The van der Waals surface area contributed by atoms with Crippen molar-refractivity contribution in [2.75, 3.05) is 6.61 Å². The topological polar surface area (TPSA) is 108 Å². The zero-order chi connectivity index (χ0) is 21.1. The van der Waals surface area contributed by atoms with Crippen LogP contribution in [-0.4, -0.2) is 31.3 Å². The highest BCUT2D eigenvalue weighted by Gasteiger charge is 2.18. The fourth-order valence-corrected chi connectivity index (χ4v) is 3.45. The number of ketones is 1. The normalized spacial score (nSPS) is 11.6. The van der Waals surface area contributed by atoms with E-state index >= 15 is 0 Å². The summed E-state index contributed by atoms with van der Waals surface area (Å²) in [7, 11) is -3.77. The lowest BCUT2D eigenvalue weighted by atomic mass is 10.1. The van der Waals surface area contributed by atoms with Crippen LogP contribution < -0.4 is 5.14 Å². The Bertz CT molecular complexity index is 973. The van der Waals surface area contributed by atoms with Gasteiger partial charge in [0.15, 0.2) is 6.61 Å². The minimum absolute atomic E-state index is 0.0170. The highest BCUT2D eigenvalue weighted by Crippen LogP contribution is 2.22. The molecule has 0 aliphatic heterocycles. The summed E-state index contributed by atoms with van der Waals surface area (Å²) in [6.07, 6.45) is 1.01. The number of nitrogens with zero attached hydrogens (tertiary/aromatic N) is 1. The molecule has 2 rings (SSSR count). The first-order valence-electron chi connectivity index (χ1n) is 9.01. The van der Waals surface area contributed by atoms with Gasteiger partial charge in [-0.05, 0) is 56.5 Å². The SMILES string of the molecule is Cc1cc(C(=O)COC(=O)CCC(C)C)c(C)n1-c1ccc(S(N)(=O)=O)cc1. The minimum atomic E-state index is -3.77. The van der Waals surface area contributed by atoms with Gasteiger partial charge in [0.2, 0.25) is 15.8 Å². The summed E-state index contributed by atoms with van der Waals surface area (Å²) >= 11 is 0. The van der Waals surface area contributed by atoms with Gasteiger partial charge >= 0.3 is 5.97 Å². The van der Waals surface area contributed by atoms with E-state index in [0.29, 0.717) is 29.3 Å². The van der Waals surface area contributed by atoms with E-state index in [1.165, 1.54) is 12.1 Å². The van der Waals surface area contributed by atoms with Gasteiger partial charge in [0.25, 0.3) is 0 Å². The number of aryl methyl sites for hydroxylation is 1. The molecule has 1 aromatic heterocycles. The van der Waals surface area contributed by atoms with Crippen LogP contribution in [0.2, 0.25) is 0 Å². The molecule has 0 bridgehead atoms.